The lowest BCUT2D eigenvalue weighted by Gasteiger charge is -2.17. The van der Waals surface area contributed by atoms with Crippen LogP contribution >= 0.6 is 11.6 Å². The lowest BCUT2D eigenvalue weighted by Crippen LogP contribution is -2.30. The van der Waals surface area contributed by atoms with E-state index in [0.717, 1.165) is 24.2 Å². The quantitative estimate of drug-likeness (QED) is 0.605. The second-order valence-corrected chi connectivity index (χ2v) is 6.57. The first-order chi connectivity index (χ1) is 12.1. The number of benzene rings is 2. The topological polar surface area (TPSA) is 61.7 Å². The minimum atomic E-state index is -0.566. The molecule has 0 radical (unpaired) electrons. The van der Waals surface area contributed by atoms with E-state index in [4.69, 9.17) is 21.4 Å². The number of hydrogen-bond donors (Lipinski definition) is 3. The number of hydrogen-bond acceptors (Lipinski definition) is 4. The van der Waals surface area contributed by atoms with Gasteiger partial charge in [-0.15, -0.1) is 0 Å². The first-order valence-corrected chi connectivity index (χ1v) is 8.96. The summed E-state index contributed by atoms with van der Waals surface area (Å²) in [5, 5.41) is 23.0. The van der Waals surface area contributed by atoms with E-state index in [1.54, 1.807) is 12.1 Å². The predicted molar refractivity (Wildman–Crippen MR) is 101 cm³/mol. The molecular formula is C20H26ClNO3. The summed E-state index contributed by atoms with van der Waals surface area (Å²) in [6.45, 7) is 2.94. The molecule has 0 aliphatic rings. The Morgan fingerprint density at radius 1 is 1.16 bits per heavy atom. The van der Waals surface area contributed by atoms with Gasteiger partial charge >= 0.3 is 0 Å². The van der Waals surface area contributed by atoms with Crippen LogP contribution in [0.3, 0.4) is 0 Å². The highest BCUT2D eigenvalue weighted by Crippen LogP contribution is 2.18. The molecule has 0 amide bonds. The lowest BCUT2D eigenvalue weighted by molar-refractivity contribution is 0.170. The Hall–Kier alpha value is -1.59. The number of aryl methyl sites for hydroxylation is 1. The van der Waals surface area contributed by atoms with Crippen molar-refractivity contribution in [1.82, 2.24) is 5.32 Å². The van der Waals surface area contributed by atoms with Crippen LogP contribution in [-0.4, -0.2) is 36.0 Å². The first-order valence-electron chi connectivity index (χ1n) is 8.58. The SMILES string of the molecule is CC(CCc1ccc(OCCO)cc1)NCC(O)c1cccc(Cl)c1. The van der Waals surface area contributed by atoms with Crippen molar-refractivity contribution in [3.8, 4) is 5.75 Å². The number of nitrogens with one attached hydrogen (secondary N) is 1. The van der Waals surface area contributed by atoms with Crippen molar-refractivity contribution in [1.29, 1.82) is 0 Å². The van der Waals surface area contributed by atoms with Crippen molar-refractivity contribution in [3.63, 3.8) is 0 Å². The van der Waals surface area contributed by atoms with Crippen LogP contribution < -0.4 is 10.1 Å². The zero-order chi connectivity index (χ0) is 18.1. The molecule has 25 heavy (non-hydrogen) atoms. The number of ether oxygens (including phenoxy) is 1. The maximum Gasteiger partial charge on any atom is 0.119 e. The summed E-state index contributed by atoms with van der Waals surface area (Å²) in [6, 6.07) is 15.5. The summed E-state index contributed by atoms with van der Waals surface area (Å²) < 4.78 is 5.35. The molecule has 0 fully saturated rings. The van der Waals surface area contributed by atoms with Gasteiger partial charge in [-0.25, -0.2) is 0 Å². The van der Waals surface area contributed by atoms with E-state index in [1.807, 2.05) is 36.4 Å². The van der Waals surface area contributed by atoms with Gasteiger partial charge in [-0.2, -0.15) is 0 Å². The van der Waals surface area contributed by atoms with Crippen LogP contribution in [-0.2, 0) is 6.42 Å². The fourth-order valence-corrected chi connectivity index (χ4v) is 2.74. The minimum Gasteiger partial charge on any atom is -0.491 e. The second kappa shape index (κ2) is 10.4. The zero-order valence-electron chi connectivity index (χ0n) is 14.5. The maximum atomic E-state index is 10.2. The molecule has 0 spiro atoms. The average molecular weight is 364 g/mol. The smallest absolute Gasteiger partial charge is 0.119 e. The fourth-order valence-electron chi connectivity index (χ4n) is 2.55. The van der Waals surface area contributed by atoms with E-state index in [9.17, 15) is 5.11 Å². The van der Waals surface area contributed by atoms with Gasteiger partial charge in [0, 0.05) is 17.6 Å². The van der Waals surface area contributed by atoms with Crippen LogP contribution in [0.4, 0.5) is 0 Å². The van der Waals surface area contributed by atoms with E-state index < -0.39 is 6.10 Å². The molecule has 2 aromatic carbocycles. The Labute approximate surface area is 154 Å². The van der Waals surface area contributed by atoms with Crippen molar-refractivity contribution in [2.45, 2.75) is 31.9 Å². The van der Waals surface area contributed by atoms with Gasteiger partial charge in [0.15, 0.2) is 0 Å². The van der Waals surface area contributed by atoms with Crippen LogP contribution in [0.1, 0.15) is 30.6 Å². The summed E-state index contributed by atoms with van der Waals surface area (Å²) in [7, 11) is 0. The Morgan fingerprint density at radius 2 is 1.92 bits per heavy atom. The Kier molecular flexibility index (Phi) is 8.22. The third kappa shape index (κ3) is 7.04. The van der Waals surface area contributed by atoms with Gasteiger partial charge in [0.05, 0.1) is 12.7 Å². The summed E-state index contributed by atoms with van der Waals surface area (Å²) >= 11 is 5.96. The molecule has 2 unspecified atom stereocenters. The molecule has 3 N–H and O–H groups in total. The van der Waals surface area contributed by atoms with Crippen LogP contribution in [0, 0.1) is 0 Å². The molecule has 0 heterocycles. The molecule has 0 saturated heterocycles. The molecule has 0 aliphatic heterocycles. The molecular weight excluding hydrogens is 338 g/mol. The third-order valence-corrected chi connectivity index (χ3v) is 4.28. The van der Waals surface area contributed by atoms with Gasteiger partial charge in [0.1, 0.15) is 12.4 Å². The Morgan fingerprint density at radius 3 is 2.60 bits per heavy atom. The maximum absolute atomic E-state index is 10.2. The van der Waals surface area contributed by atoms with Gasteiger partial charge in [-0.3, -0.25) is 0 Å². The van der Waals surface area contributed by atoms with Crippen LogP contribution in [0.25, 0.3) is 0 Å². The minimum absolute atomic E-state index is 0.0198. The molecule has 4 nitrogen and oxygen atoms in total. The van der Waals surface area contributed by atoms with Crippen molar-refractivity contribution >= 4 is 11.6 Å². The fraction of sp³-hybridized carbons (Fsp3) is 0.400. The largest absolute Gasteiger partial charge is 0.491 e. The molecule has 136 valence electrons. The van der Waals surface area contributed by atoms with Gasteiger partial charge in [0.25, 0.3) is 0 Å². The van der Waals surface area contributed by atoms with Gasteiger partial charge in [-0.05, 0) is 55.2 Å². The number of aliphatic hydroxyl groups is 2. The van der Waals surface area contributed by atoms with Crippen molar-refractivity contribution < 1.29 is 14.9 Å². The Bertz CT molecular complexity index is 633. The highest BCUT2D eigenvalue weighted by Gasteiger charge is 2.10. The van der Waals surface area contributed by atoms with Crippen molar-refractivity contribution in [2.75, 3.05) is 19.8 Å². The average Bonchev–Trinajstić information content (AvgIpc) is 2.63. The molecule has 0 saturated carbocycles. The normalized spacial score (nSPS) is 13.4. The second-order valence-electron chi connectivity index (χ2n) is 6.13. The van der Waals surface area contributed by atoms with Gasteiger partial charge in [-0.1, -0.05) is 35.9 Å². The van der Waals surface area contributed by atoms with Crippen molar-refractivity contribution in [3.05, 3.63) is 64.7 Å². The summed E-state index contributed by atoms with van der Waals surface area (Å²) in [4.78, 5) is 0. The molecule has 2 atom stereocenters. The highest BCUT2D eigenvalue weighted by atomic mass is 35.5. The predicted octanol–water partition coefficient (Wildman–Crippen LogP) is 3.36. The number of rotatable bonds is 10. The molecule has 0 aromatic heterocycles. The van der Waals surface area contributed by atoms with Crippen molar-refractivity contribution in [2.24, 2.45) is 0 Å². The highest BCUT2D eigenvalue weighted by molar-refractivity contribution is 6.30. The molecule has 2 aromatic rings. The van der Waals surface area contributed by atoms with E-state index in [-0.39, 0.29) is 6.61 Å². The number of halogens is 1. The summed E-state index contributed by atoms with van der Waals surface area (Å²) in [5.41, 5.74) is 2.06. The first kappa shape index (κ1) is 19.7. The summed E-state index contributed by atoms with van der Waals surface area (Å²) in [5.74, 6) is 0.772. The van der Waals surface area contributed by atoms with E-state index >= 15 is 0 Å². The monoisotopic (exact) mass is 363 g/mol. The van der Waals surface area contributed by atoms with Crippen LogP contribution in [0.15, 0.2) is 48.5 Å². The Balaban J connectivity index is 1.72. The molecule has 5 heteroatoms. The van der Waals surface area contributed by atoms with Gasteiger partial charge < -0.3 is 20.3 Å². The van der Waals surface area contributed by atoms with E-state index in [0.29, 0.717) is 24.2 Å². The summed E-state index contributed by atoms with van der Waals surface area (Å²) in [6.07, 6.45) is 1.35. The van der Waals surface area contributed by atoms with Crippen LogP contribution in [0.5, 0.6) is 5.75 Å². The number of aliphatic hydroxyl groups excluding tert-OH is 2. The van der Waals surface area contributed by atoms with E-state index in [2.05, 4.69) is 12.2 Å². The lowest BCUT2D eigenvalue weighted by atomic mass is 10.1. The van der Waals surface area contributed by atoms with E-state index in [1.165, 1.54) is 5.56 Å². The molecule has 0 bridgehead atoms. The molecule has 2 rings (SSSR count). The standard InChI is InChI=1S/C20H26ClNO3/c1-15(22-14-20(24)17-3-2-4-18(21)13-17)5-6-16-7-9-19(10-8-16)25-12-11-23/h2-4,7-10,13,15,20,22-24H,5-6,11-12,14H2,1H3. The van der Waals surface area contributed by atoms with Gasteiger partial charge in [0.2, 0.25) is 0 Å². The molecule has 0 aliphatic carbocycles. The zero-order valence-corrected chi connectivity index (χ0v) is 15.2. The van der Waals surface area contributed by atoms with Crippen LogP contribution in [0.2, 0.25) is 5.02 Å². The third-order valence-electron chi connectivity index (χ3n) is 4.04.